The van der Waals surface area contributed by atoms with E-state index in [2.05, 4.69) is 12.2 Å². The van der Waals surface area contributed by atoms with E-state index in [-0.39, 0.29) is 23.6 Å². The molecule has 1 heterocycles. The minimum absolute atomic E-state index is 0.0293. The number of pyridine rings is 1. The Morgan fingerprint density at radius 3 is 2.30 bits per heavy atom. The summed E-state index contributed by atoms with van der Waals surface area (Å²) in [5.41, 5.74) is 2.54. The van der Waals surface area contributed by atoms with Gasteiger partial charge in [-0.1, -0.05) is 74.7 Å². The highest BCUT2D eigenvalue weighted by molar-refractivity contribution is 6.07. The average molecular weight is 403 g/mol. The fourth-order valence-corrected chi connectivity index (χ4v) is 4.89. The zero-order valence-corrected chi connectivity index (χ0v) is 17.9. The van der Waals surface area contributed by atoms with Crippen LogP contribution in [0.1, 0.15) is 79.1 Å². The van der Waals surface area contributed by atoms with Crippen LogP contribution in [0.5, 0.6) is 0 Å². The number of rotatable bonds is 5. The molecule has 3 aromatic rings. The van der Waals surface area contributed by atoms with E-state index in [1.54, 1.807) is 0 Å². The maximum Gasteiger partial charge on any atom is 0.258 e. The first-order valence-electron chi connectivity index (χ1n) is 11.1. The Bertz CT molecular complexity index is 1100. The van der Waals surface area contributed by atoms with E-state index in [0.717, 1.165) is 48.7 Å². The molecule has 1 saturated carbocycles. The van der Waals surface area contributed by atoms with Crippen LogP contribution in [-0.4, -0.2) is 10.5 Å². The van der Waals surface area contributed by atoms with Crippen molar-refractivity contribution in [3.05, 3.63) is 81.8 Å². The summed E-state index contributed by atoms with van der Waals surface area (Å²) in [5.74, 6) is -0.107. The summed E-state index contributed by atoms with van der Waals surface area (Å²) in [7, 11) is 0. The molecule has 1 aliphatic rings. The fraction of sp³-hybridized carbons (Fsp3) is 0.385. The van der Waals surface area contributed by atoms with E-state index in [9.17, 15) is 9.59 Å². The van der Waals surface area contributed by atoms with Gasteiger partial charge < -0.3 is 9.88 Å². The van der Waals surface area contributed by atoms with Gasteiger partial charge in [-0.25, -0.2) is 0 Å². The van der Waals surface area contributed by atoms with Gasteiger partial charge in [0, 0.05) is 22.5 Å². The Kier molecular flexibility index (Phi) is 6.03. The standard InChI is InChI=1S/C26H30N2O2/c1-3-23(19-12-6-4-7-13-19)27-25(29)24-18(2)28(20-14-8-5-9-15-20)26(30)22-17-11-10-16-21(22)24/h4,6-7,10-13,16-17,20,23H,3,5,8-9,14-15H2,1-2H3,(H,27,29). The average Bonchev–Trinajstić information content (AvgIpc) is 2.79. The molecule has 4 nitrogen and oxygen atoms in total. The molecule has 0 bridgehead atoms. The molecule has 1 fully saturated rings. The van der Waals surface area contributed by atoms with Crippen molar-refractivity contribution in [1.82, 2.24) is 9.88 Å². The summed E-state index contributed by atoms with van der Waals surface area (Å²) in [4.78, 5) is 26.9. The van der Waals surface area contributed by atoms with Crippen molar-refractivity contribution in [2.75, 3.05) is 0 Å². The lowest BCUT2D eigenvalue weighted by Gasteiger charge is -2.28. The summed E-state index contributed by atoms with van der Waals surface area (Å²) in [6.45, 7) is 4.01. The van der Waals surface area contributed by atoms with Gasteiger partial charge in [0.05, 0.1) is 11.6 Å². The Morgan fingerprint density at radius 2 is 1.63 bits per heavy atom. The third-order valence-electron chi connectivity index (χ3n) is 6.45. The maximum atomic E-state index is 13.5. The molecule has 0 radical (unpaired) electrons. The SMILES string of the molecule is CCC(NC(=O)c1c(C)n(C2CCCCC2)c(=O)c2ccccc12)c1ccccc1. The molecule has 1 unspecified atom stereocenters. The lowest BCUT2D eigenvalue weighted by Crippen LogP contribution is -2.34. The maximum absolute atomic E-state index is 13.5. The normalized spacial score (nSPS) is 15.8. The number of carbonyl (C=O) groups excluding carboxylic acids is 1. The van der Waals surface area contributed by atoms with E-state index in [4.69, 9.17) is 0 Å². The van der Waals surface area contributed by atoms with E-state index in [1.165, 1.54) is 6.42 Å². The van der Waals surface area contributed by atoms with Crippen molar-refractivity contribution in [3.63, 3.8) is 0 Å². The summed E-state index contributed by atoms with van der Waals surface area (Å²) in [5, 5.41) is 4.60. The molecule has 30 heavy (non-hydrogen) atoms. The van der Waals surface area contributed by atoms with E-state index >= 15 is 0 Å². The molecule has 2 aromatic carbocycles. The highest BCUT2D eigenvalue weighted by Gasteiger charge is 2.25. The molecule has 1 N–H and O–H groups in total. The number of nitrogens with zero attached hydrogens (tertiary/aromatic N) is 1. The van der Waals surface area contributed by atoms with Crippen LogP contribution in [0.3, 0.4) is 0 Å². The highest BCUT2D eigenvalue weighted by atomic mass is 16.2. The number of fused-ring (bicyclic) bond motifs is 1. The van der Waals surface area contributed by atoms with Crippen molar-refractivity contribution in [1.29, 1.82) is 0 Å². The van der Waals surface area contributed by atoms with Crippen molar-refractivity contribution in [2.24, 2.45) is 0 Å². The topological polar surface area (TPSA) is 51.1 Å². The second-order valence-corrected chi connectivity index (χ2v) is 8.32. The summed E-state index contributed by atoms with van der Waals surface area (Å²) >= 11 is 0. The minimum atomic E-state index is -0.107. The van der Waals surface area contributed by atoms with Gasteiger partial charge in [0.1, 0.15) is 0 Å². The molecule has 1 aromatic heterocycles. The zero-order valence-electron chi connectivity index (χ0n) is 17.9. The number of carbonyl (C=O) groups is 1. The first-order chi connectivity index (χ1) is 14.6. The Hall–Kier alpha value is -2.88. The molecule has 4 rings (SSSR count). The molecule has 1 atom stereocenters. The monoisotopic (exact) mass is 402 g/mol. The van der Waals surface area contributed by atoms with Crippen molar-refractivity contribution in [3.8, 4) is 0 Å². The first-order valence-corrected chi connectivity index (χ1v) is 11.1. The molecule has 1 amide bonds. The Labute approximate surface area is 177 Å². The van der Waals surface area contributed by atoms with Crippen molar-refractivity contribution < 1.29 is 4.79 Å². The quantitative estimate of drug-likeness (QED) is 0.595. The Morgan fingerprint density at radius 1 is 1.00 bits per heavy atom. The third-order valence-corrected chi connectivity index (χ3v) is 6.45. The molecular weight excluding hydrogens is 372 g/mol. The van der Waals surface area contributed by atoms with Crippen LogP contribution in [0.2, 0.25) is 0 Å². The lowest BCUT2D eigenvalue weighted by molar-refractivity contribution is 0.0935. The van der Waals surface area contributed by atoms with Crippen LogP contribution in [0.15, 0.2) is 59.4 Å². The van der Waals surface area contributed by atoms with Crippen molar-refractivity contribution >= 4 is 16.7 Å². The third kappa shape index (κ3) is 3.79. The van der Waals surface area contributed by atoms with E-state index in [0.29, 0.717) is 10.9 Å². The highest BCUT2D eigenvalue weighted by Crippen LogP contribution is 2.31. The van der Waals surface area contributed by atoms with Gasteiger partial charge in [-0.2, -0.15) is 0 Å². The molecule has 0 saturated heterocycles. The summed E-state index contributed by atoms with van der Waals surface area (Å²) < 4.78 is 1.90. The second-order valence-electron chi connectivity index (χ2n) is 8.32. The number of hydrogen-bond donors (Lipinski definition) is 1. The van der Waals surface area contributed by atoms with Gasteiger partial charge in [-0.3, -0.25) is 9.59 Å². The summed E-state index contributed by atoms with van der Waals surface area (Å²) in [6.07, 6.45) is 6.30. The number of hydrogen-bond acceptors (Lipinski definition) is 2. The smallest absolute Gasteiger partial charge is 0.258 e. The fourth-order valence-electron chi connectivity index (χ4n) is 4.89. The molecule has 0 spiro atoms. The molecule has 1 aliphatic carbocycles. The minimum Gasteiger partial charge on any atom is -0.345 e. The van der Waals surface area contributed by atoms with Crippen LogP contribution in [0, 0.1) is 6.92 Å². The van der Waals surface area contributed by atoms with Gasteiger partial charge in [-0.05, 0) is 37.8 Å². The predicted molar refractivity (Wildman–Crippen MR) is 122 cm³/mol. The number of nitrogens with one attached hydrogen (secondary N) is 1. The lowest BCUT2D eigenvalue weighted by atomic mass is 9.93. The number of benzene rings is 2. The first kappa shape index (κ1) is 20.4. The number of amides is 1. The molecule has 156 valence electrons. The van der Waals surface area contributed by atoms with E-state index < -0.39 is 0 Å². The molecule has 4 heteroatoms. The van der Waals surface area contributed by atoms with Gasteiger partial charge in [0.25, 0.3) is 11.5 Å². The molecular formula is C26H30N2O2. The summed E-state index contributed by atoms with van der Waals surface area (Å²) in [6, 6.07) is 17.7. The van der Waals surface area contributed by atoms with Crippen LogP contribution in [-0.2, 0) is 0 Å². The van der Waals surface area contributed by atoms with Crippen LogP contribution in [0.25, 0.3) is 10.8 Å². The van der Waals surface area contributed by atoms with Crippen molar-refractivity contribution in [2.45, 2.75) is 64.5 Å². The van der Waals surface area contributed by atoms with Gasteiger partial charge in [-0.15, -0.1) is 0 Å². The zero-order chi connectivity index (χ0) is 21.1. The van der Waals surface area contributed by atoms with Crippen LogP contribution >= 0.6 is 0 Å². The predicted octanol–water partition coefficient (Wildman–Crippen LogP) is 5.70. The van der Waals surface area contributed by atoms with Gasteiger partial charge in [0.2, 0.25) is 0 Å². The molecule has 0 aliphatic heterocycles. The van der Waals surface area contributed by atoms with Crippen LogP contribution in [0.4, 0.5) is 0 Å². The second kappa shape index (κ2) is 8.86. The van der Waals surface area contributed by atoms with Gasteiger partial charge >= 0.3 is 0 Å². The largest absolute Gasteiger partial charge is 0.345 e. The van der Waals surface area contributed by atoms with E-state index in [1.807, 2.05) is 66.1 Å². The Balaban J connectivity index is 1.81. The van der Waals surface area contributed by atoms with Gasteiger partial charge in [0.15, 0.2) is 0 Å². The van der Waals surface area contributed by atoms with Crippen LogP contribution < -0.4 is 10.9 Å². The number of aromatic nitrogens is 1.